The predicted octanol–water partition coefficient (Wildman–Crippen LogP) is 3.18. The first kappa shape index (κ1) is 13.9. The van der Waals surface area contributed by atoms with Crippen molar-refractivity contribution in [3.63, 3.8) is 0 Å². The van der Waals surface area contributed by atoms with Crippen LogP contribution in [0.25, 0.3) is 0 Å². The summed E-state index contributed by atoms with van der Waals surface area (Å²) in [6.07, 6.45) is 0.413. The number of benzene rings is 1. The number of carbonyl (C=O) groups excluding carboxylic acids is 1. The summed E-state index contributed by atoms with van der Waals surface area (Å²) in [4.78, 5) is 15.9. The van der Waals surface area contributed by atoms with Crippen LogP contribution in [-0.4, -0.2) is 18.0 Å². The molecule has 2 rings (SSSR count). The van der Waals surface area contributed by atoms with Gasteiger partial charge in [-0.15, -0.1) is 0 Å². The maximum Gasteiger partial charge on any atom is 0.224 e. The first-order chi connectivity index (χ1) is 9.72. The Hall–Kier alpha value is -2.56. The van der Waals surface area contributed by atoms with Crippen LogP contribution in [0.5, 0.6) is 5.88 Å². The number of pyridine rings is 1. The topological polar surface area (TPSA) is 63.2 Å². The van der Waals surface area contributed by atoms with Crippen LogP contribution >= 0.6 is 0 Å². The molecule has 1 aromatic carbocycles. The normalized spacial score (nSPS) is 9.90. The van der Waals surface area contributed by atoms with E-state index in [0.29, 0.717) is 23.8 Å². The summed E-state index contributed by atoms with van der Waals surface area (Å²) >= 11 is 0. The summed E-state index contributed by atoms with van der Waals surface area (Å²) in [5.41, 5.74) is 1.52. The van der Waals surface area contributed by atoms with E-state index in [-0.39, 0.29) is 5.91 Å². The van der Waals surface area contributed by atoms with Crippen LogP contribution in [0, 0.1) is 0 Å². The zero-order valence-corrected chi connectivity index (χ0v) is 11.5. The molecule has 1 amide bonds. The number of methoxy groups -OCH3 is 1. The molecule has 0 saturated heterocycles. The summed E-state index contributed by atoms with van der Waals surface area (Å²) in [5.74, 6) is 0.975. The predicted molar refractivity (Wildman–Crippen MR) is 79.4 cm³/mol. The highest BCUT2D eigenvalue weighted by Gasteiger charge is 2.09. The Kier molecular flexibility index (Phi) is 4.55. The zero-order valence-electron chi connectivity index (χ0n) is 11.5. The fourth-order valence-corrected chi connectivity index (χ4v) is 1.65. The lowest BCUT2D eigenvalue weighted by Gasteiger charge is -2.13. The minimum atomic E-state index is -0.0620. The summed E-state index contributed by atoms with van der Waals surface area (Å²) in [6, 6.07) is 13.1. The molecule has 0 unspecified atom stereocenters. The van der Waals surface area contributed by atoms with Gasteiger partial charge in [-0.3, -0.25) is 4.79 Å². The lowest BCUT2D eigenvalue weighted by Crippen LogP contribution is -2.12. The molecule has 2 aromatic rings. The Morgan fingerprint density at radius 2 is 1.95 bits per heavy atom. The lowest BCUT2D eigenvalue weighted by atomic mass is 10.3. The highest BCUT2D eigenvalue weighted by molar-refractivity contribution is 5.93. The van der Waals surface area contributed by atoms with Gasteiger partial charge in [0.25, 0.3) is 0 Å². The molecule has 104 valence electrons. The number of amides is 1. The molecule has 5 heteroatoms. The molecule has 5 nitrogen and oxygen atoms in total. The van der Waals surface area contributed by atoms with Gasteiger partial charge >= 0.3 is 0 Å². The summed E-state index contributed by atoms with van der Waals surface area (Å²) in [7, 11) is 1.55. The third-order valence-corrected chi connectivity index (χ3v) is 2.71. The number of rotatable bonds is 5. The largest absolute Gasteiger partial charge is 0.481 e. The van der Waals surface area contributed by atoms with E-state index in [2.05, 4.69) is 15.6 Å². The Balaban J connectivity index is 2.29. The first-order valence-electron chi connectivity index (χ1n) is 6.40. The fraction of sp³-hybridized carbons (Fsp3) is 0.200. The maximum atomic E-state index is 11.5. The minimum absolute atomic E-state index is 0.0620. The zero-order chi connectivity index (χ0) is 14.4. The number of hydrogen-bond donors (Lipinski definition) is 2. The average molecular weight is 271 g/mol. The number of para-hydroxylation sites is 1. The Bertz CT molecular complexity index is 585. The number of hydrogen-bond acceptors (Lipinski definition) is 4. The number of anilines is 3. The minimum Gasteiger partial charge on any atom is -0.481 e. The molecular formula is C15H17N3O2. The molecule has 0 atom stereocenters. The van der Waals surface area contributed by atoms with Crippen LogP contribution in [0.2, 0.25) is 0 Å². The number of nitrogens with zero attached hydrogens (tertiary/aromatic N) is 1. The van der Waals surface area contributed by atoms with Gasteiger partial charge in [-0.1, -0.05) is 25.1 Å². The lowest BCUT2D eigenvalue weighted by molar-refractivity contribution is -0.115. The van der Waals surface area contributed by atoms with Crippen molar-refractivity contribution in [1.29, 1.82) is 0 Å². The first-order valence-corrected chi connectivity index (χ1v) is 6.40. The van der Waals surface area contributed by atoms with Gasteiger partial charge in [-0.25, -0.2) is 0 Å². The molecule has 0 spiro atoms. The van der Waals surface area contributed by atoms with E-state index in [4.69, 9.17) is 4.74 Å². The second-order valence-electron chi connectivity index (χ2n) is 4.14. The van der Waals surface area contributed by atoms with Crippen LogP contribution in [0.1, 0.15) is 13.3 Å². The number of nitrogens with one attached hydrogen (secondary N) is 2. The Morgan fingerprint density at radius 3 is 2.60 bits per heavy atom. The van der Waals surface area contributed by atoms with Crippen molar-refractivity contribution in [2.24, 2.45) is 0 Å². The third-order valence-electron chi connectivity index (χ3n) is 2.71. The Labute approximate surface area is 118 Å². The number of carbonyl (C=O) groups is 1. The van der Waals surface area contributed by atoms with Gasteiger partial charge in [-0.2, -0.15) is 4.98 Å². The van der Waals surface area contributed by atoms with Crippen molar-refractivity contribution < 1.29 is 9.53 Å². The van der Waals surface area contributed by atoms with Crippen molar-refractivity contribution >= 4 is 23.1 Å². The van der Waals surface area contributed by atoms with Crippen molar-refractivity contribution in [1.82, 2.24) is 4.98 Å². The molecule has 1 heterocycles. The summed E-state index contributed by atoms with van der Waals surface area (Å²) in [5, 5.41) is 5.98. The molecule has 0 fully saturated rings. The maximum absolute atomic E-state index is 11.5. The summed E-state index contributed by atoms with van der Waals surface area (Å²) in [6.45, 7) is 1.80. The van der Waals surface area contributed by atoms with E-state index >= 15 is 0 Å². The average Bonchev–Trinajstić information content (AvgIpc) is 2.49. The van der Waals surface area contributed by atoms with Gasteiger partial charge in [0.15, 0.2) is 5.82 Å². The van der Waals surface area contributed by atoms with Gasteiger partial charge in [0.2, 0.25) is 11.8 Å². The molecule has 20 heavy (non-hydrogen) atoms. The molecule has 1 aromatic heterocycles. The van der Waals surface area contributed by atoms with Crippen LogP contribution in [-0.2, 0) is 4.79 Å². The SMILES string of the molecule is CCC(=O)Nc1ccc(OC)nc1Nc1ccccc1. The summed E-state index contributed by atoms with van der Waals surface area (Å²) < 4.78 is 5.12. The van der Waals surface area contributed by atoms with Crippen molar-refractivity contribution in [2.75, 3.05) is 17.7 Å². The Morgan fingerprint density at radius 1 is 1.20 bits per heavy atom. The monoisotopic (exact) mass is 271 g/mol. The van der Waals surface area contributed by atoms with Crippen molar-refractivity contribution in [3.05, 3.63) is 42.5 Å². The molecule has 2 N–H and O–H groups in total. The van der Waals surface area contributed by atoms with E-state index in [1.165, 1.54) is 0 Å². The van der Waals surface area contributed by atoms with Crippen molar-refractivity contribution in [2.45, 2.75) is 13.3 Å². The smallest absolute Gasteiger partial charge is 0.224 e. The molecule has 0 bridgehead atoms. The van der Waals surface area contributed by atoms with Crippen molar-refractivity contribution in [3.8, 4) is 5.88 Å². The van der Waals surface area contributed by atoms with Gasteiger partial charge in [0, 0.05) is 18.2 Å². The van der Waals surface area contributed by atoms with Gasteiger partial charge < -0.3 is 15.4 Å². The van der Waals surface area contributed by atoms with Crippen LogP contribution in [0.4, 0.5) is 17.2 Å². The second-order valence-corrected chi connectivity index (χ2v) is 4.14. The number of aromatic nitrogens is 1. The molecular weight excluding hydrogens is 254 g/mol. The van der Waals surface area contributed by atoms with E-state index in [1.54, 1.807) is 26.2 Å². The second kappa shape index (κ2) is 6.56. The van der Waals surface area contributed by atoms with Gasteiger partial charge in [0.1, 0.15) is 0 Å². The molecule has 0 saturated carbocycles. The van der Waals surface area contributed by atoms with E-state index < -0.39 is 0 Å². The quantitative estimate of drug-likeness (QED) is 0.876. The van der Waals surface area contributed by atoms with Crippen LogP contribution < -0.4 is 15.4 Å². The van der Waals surface area contributed by atoms with E-state index in [1.807, 2.05) is 30.3 Å². The van der Waals surface area contributed by atoms with Gasteiger partial charge in [0.05, 0.1) is 12.8 Å². The highest BCUT2D eigenvalue weighted by Crippen LogP contribution is 2.26. The van der Waals surface area contributed by atoms with Gasteiger partial charge in [-0.05, 0) is 18.2 Å². The molecule has 0 aliphatic rings. The van der Waals surface area contributed by atoms with Crippen LogP contribution in [0.3, 0.4) is 0 Å². The third kappa shape index (κ3) is 3.47. The van der Waals surface area contributed by atoms with E-state index in [0.717, 1.165) is 5.69 Å². The molecule has 0 aliphatic carbocycles. The molecule has 0 aliphatic heterocycles. The number of ether oxygens (including phenoxy) is 1. The van der Waals surface area contributed by atoms with Crippen LogP contribution in [0.15, 0.2) is 42.5 Å². The van der Waals surface area contributed by atoms with E-state index in [9.17, 15) is 4.79 Å². The standard InChI is InChI=1S/C15H17N3O2/c1-3-13(19)17-12-9-10-14(20-2)18-15(12)16-11-7-5-4-6-8-11/h4-10H,3H2,1-2H3,(H,16,18)(H,17,19). The molecule has 0 radical (unpaired) electrons. The highest BCUT2D eigenvalue weighted by atomic mass is 16.5. The fourth-order valence-electron chi connectivity index (χ4n) is 1.65.